The third kappa shape index (κ3) is 7.63. The minimum Gasteiger partial charge on any atom is -0.141 e. The molecular formula is C90H56S. The summed E-state index contributed by atoms with van der Waals surface area (Å²) in [5, 5.41) is 0. The maximum absolute atomic E-state index is 2.56. The number of benzene rings is 14. The lowest BCUT2D eigenvalue weighted by Crippen LogP contribution is -2.27. The van der Waals surface area contributed by atoms with Crippen molar-refractivity contribution >= 4 is 11.3 Å². The van der Waals surface area contributed by atoms with Crippen LogP contribution in [0, 0.1) is 0 Å². The molecular weight excluding hydrogens is 1110 g/mol. The Morgan fingerprint density at radius 2 is 0.352 bits per heavy atom. The highest BCUT2D eigenvalue weighted by molar-refractivity contribution is 7.14. The first-order chi connectivity index (χ1) is 45.1. The summed E-state index contributed by atoms with van der Waals surface area (Å²) in [6, 6.07) is 128. The second kappa shape index (κ2) is 20.2. The molecule has 91 heavy (non-hydrogen) atoms. The quantitative estimate of drug-likeness (QED) is 0.142. The van der Waals surface area contributed by atoms with Crippen LogP contribution in [0.3, 0.4) is 0 Å². The Labute approximate surface area is 535 Å². The van der Waals surface area contributed by atoms with Crippen molar-refractivity contribution in [3.05, 3.63) is 383 Å². The lowest BCUT2D eigenvalue weighted by Gasteiger charge is -2.32. The van der Waals surface area contributed by atoms with Crippen molar-refractivity contribution in [1.82, 2.24) is 0 Å². The smallest absolute Gasteiger partial charge is 0.0819 e. The summed E-state index contributed by atoms with van der Waals surface area (Å²) in [4.78, 5) is 2.80. The highest BCUT2D eigenvalue weighted by Gasteiger charge is 2.60. The predicted octanol–water partition coefficient (Wildman–Crippen LogP) is 23.8. The van der Waals surface area contributed by atoms with Gasteiger partial charge in [-0.2, -0.15) is 0 Å². The van der Waals surface area contributed by atoms with Crippen LogP contribution < -0.4 is 0 Å². The Morgan fingerprint density at radius 1 is 0.154 bits per heavy atom. The van der Waals surface area contributed by atoms with Crippen LogP contribution in [0.2, 0.25) is 0 Å². The Bertz CT molecular complexity index is 4780. The fourth-order valence-corrected chi connectivity index (χ4v) is 18.0. The molecule has 0 saturated carbocycles. The maximum atomic E-state index is 2.56. The van der Waals surface area contributed by atoms with Gasteiger partial charge in [-0.1, -0.05) is 315 Å². The van der Waals surface area contributed by atoms with Gasteiger partial charge >= 0.3 is 0 Å². The average molecular weight is 1170 g/mol. The average Bonchev–Trinajstić information content (AvgIpc) is 1.48. The molecule has 1 aromatic heterocycles. The highest BCUT2D eigenvalue weighted by atomic mass is 32.1. The van der Waals surface area contributed by atoms with Crippen LogP contribution in [0.1, 0.15) is 43.1 Å². The van der Waals surface area contributed by atoms with E-state index >= 15 is 0 Å². The third-order valence-electron chi connectivity index (χ3n) is 20.4. The van der Waals surface area contributed by atoms with Gasteiger partial charge in [0.1, 0.15) is 0 Å². The second-order valence-corrected chi connectivity index (χ2v) is 25.9. The molecule has 0 fully saturated rings. The number of hydrogen-bond acceptors (Lipinski definition) is 1. The van der Waals surface area contributed by atoms with Crippen molar-refractivity contribution in [2.75, 3.05) is 0 Å². The lowest BCUT2D eigenvalue weighted by molar-refractivity contribution is 0.805. The van der Waals surface area contributed by atoms with Gasteiger partial charge in [0.15, 0.2) is 0 Å². The van der Waals surface area contributed by atoms with Crippen LogP contribution >= 0.6 is 11.3 Å². The molecule has 1 heterocycles. The van der Waals surface area contributed by atoms with Gasteiger partial charge in [0.2, 0.25) is 0 Å². The van der Waals surface area contributed by atoms with Crippen LogP contribution in [0.4, 0.5) is 0 Å². The lowest BCUT2D eigenvalue weighted by atomic mass is 9.73. The molecule has 422 valence electrons. The summed E-state index contributed by atoms with van der Waals surface area (Å²) in [6.45, 7) is 0. The standard InChI is InChI=1S/C90H56S/c1-5-17-57(18-6-1)61-29-37-65(38-30-61)69-45-49-73-74-50-46-70(66-39-31-62(32-40-66)58-19-7-2-8-20-58)54-82(74)89(81(73)53-69)79-27-15-13-25-77(79)85-86-78-26-14-16-28-80(78)90(88(86)91-87(85)89)83-55-71(67-41-33-63(34-42-67)59-21-9-3-10-22-59)47-51-75(83)76-52-48-72(56-84(76)90)68-43-35-64(36-44-68)60-23-11-4-12-24-60/h1-56H. The molecule has 0 aliphatic heterocycles. The molecule has 0 bridgehead atoms. The van der Waals surface area contributed by atoms with Gasteiger partial charge in [0.25, 0.3) is 0 Å². The molecule has 0 N–H and O–H groups in total. The zero-order chi connectivity index (χ0) is 59.8. The van der Waals surface area contributed by atoms with E-state index in [1.54, 1.807) is 0 Å². The minimum absolute atomic E-state index is 0.642. The first kappa shape index (κ1) is 51.8. The van der Waals surface area contributed by atoms with Crippen molar-refractivity contribution in [3.63, 3.8) is 0 Å². The summed E-state index contributed by atoms with van der Waals surface area (Å²) in [5.41, 5.74) is 36.7. The summed E-state index contributed by atoms with van der Waals surface area (Å²) in [6.07, 6.45) is 0. The molecule has 0 nitrogen and oxygen atoms in total. The largest absolute Gasteiger partial charge is 0.141 e. The molecule has 0 unspecified atom stereocenters. The molecule has 0 atom stereocenters. The van der Waals surface area contributed by atoms with Crippen LogP contribution in [0.5, 0.6) is 0 Å². The SMILES string of the molecule is c1ccc(-c2ccc(-c3ccc4c(c3)C3(c5cc(-c6ccc(-c7ccccc7)cc6)ccc5-4)c4ccccc4-c4c3sc3c4-c4ccccc4C34c3cc(-c5ccc(-c6ccccc6)cc5)ccc3-c3ccc(-c5ccc(-c6ccccc6)cc5)cc34)cc2)cc1. The van der Waals surface area contributed by atoms with Gasteiger partial charge < -0.3 is 0 Å². The van der Waals surface area contributed by atoms with E-state index in [0.717, 1.165) is 0 Å². The van der Waals surface area contributed by atoms with E-state index < -0.39 is 10.8 Å². The van der Waals surface area contributed by atoms with Crippen LogP contribution in [0.15, 0.2) is 340 Å². The van der Waals surface area contributed by atoms with E-state index in [4.69, 9.17) is 0 Å². The number of rotatable bonds is 8. The Kier molecular flexibility index (Phi) is 11.5. The van der Waals surface area contributed by atoms with Gasteiger partial charge in [0, 0.05) is 20.9 Å². The highest BCUT2D eigenvalue weighted by Crippen LogP contribution is 2.73. The van der Waals surface area contributed by atoms with Crippen molar-refractivity contribution in [3.8, 4) is 134 Å². The molecule has 0 radical (unpaired) electrons. The maximum Gasteiger partial charge on any atom is 0.0819 e. The normalized spacial score (nSPS) is 13.5. The minimum atomic E-state index is -0.642. The Hall–Kier alpha value is -11.2. The van der Waals surface area contributed by atoms with Crippen molar-refractivity contribution in [2.45, 2.75) is 10.8 Å². The van der Waals surface area contributed by atoms with Gasteiger partial charge in [-0.3, -0.25) is 0 Å². The zero-order valence-electron chi connectivity index (χ0n) is 49.7. The van der Waals surface area contributed by atoms with Gasteiger partial charge in [-0.15, -0.1) is 11.3 Å². The Morgan fingerprint density at radius 3 is 0.604 bits per heavy atom. The van der Waals surface area contributed by atoms with Crippen LogP contribution in [0.25, 0.3) is 134 Å². The van der Waals surface area contributed by atoms with E-state index in [1.807, 2.05) is 0 Å². The fraction of sp³-hybridized carbons (Fsp3) is 0.0222. The van der Waals surface area contributed by atoms with E-state index in [2.05, 4.69) is 351 Å². The molecule has 15 aromatic rings. The summed E-state index contributed by atoms with van der Waals surface area (Å²) in [7, 11) is 0. The number of hydrogen-bond donors (Lipinski definition) is 0. The third-order valence-corrected chi connectivity index (χ3v) is 21.8. The van der Waals surface area contributed by atoms with Crippen molar-refractivity contribution < 1.29 is 0 Å². The van der Waals surface area contributed by atoms with Gasteiger partial charge in [-0.05, 0) is 180 Å². The summed E-state index contributed by atoms with van der Waals surface area (Å²) in [5.74, 6) is 0. The second-order valence-electron chi connectivity index (χ2n) is 24.9. The molecule has 14 aromatic carbocycles. The molecule has 4 aliphatic rings. The topological polar surface area (TPSA) is 0 Å². The first-order valence-corrected chi connectivity index (χ1v) is 32.5. The van der Waals surface area contributed by atoms with Crippen LogP contribution in [-0.2, 0) is 10.8 Å². The first-order valence-electron chi connectivity index (χ1n) is 31.7. The van der Waals surface area contributed by atoms with E-state index in [9.17, 15) is 0 Å². The fourth-order valence-electron chi connectivity index (χ4n) is 16.2. The zero-order valence-corrected chi connectivity index (χ0v) is 50.6. The van der Waals surface area contributed by atoms with Gasteiger partial charge in [-0.25, -0.2) is 0 Å². The molecule has 2 spiro atoms. The van der Waals surface area contributed by atoms with Crippen molar-refractivity contribution in [2.24, 2.45) is 0 Å². The van der Waals surface area contributed by atoms with Gasteiger partial charge in [0.05, 0.1) is 10.8 Å². The number of fused-ring (bicyclic) bond motifs is 21. The Balaban J connectivity index is 0.859. The molecule has 0 amide bonds. The van der Waals surface area contributed by atoms with Crippen molar-refractivity contribution in [1.29, 1.82) is 0 Å². The summed E-state index contributed by atoms with van der Waals surface area (Å²) >= 11 is 2.08. The molecule has 1 heteroatoms. The molecule has 4 aliphatic carbocycles. The number of thiophene rings is 1. The van der Waals surface area contributed by atoms with E-state index in [0.29, 0.717) is 0 Å². The van der Waals surface area contributed by atoms with Crippen LogP contribution in [-0.4, -0.2) is 0 Å². The van der Waals surface area contributed by atoms with E-state index in [1.165, 1.54) is 177 Å². The predicted molar refractivity (Wildman–Crippen MR) is 380 cm³/mol. The summed E-state index contributed by atoms with van der Waals surface area (Å²) < 4.78 is 0. The monoisotopic (exact) mass is 1170 g/mol. The van der Waals surface area contributed by atoms with E-state index in [-0.39, 0.29) is 0 Å². The molecule has 0 saturated heterocycles. The molecule has 19 rings (SSSR count).